The zero-order valence-electron chi connectivity index (χ0n) is 12.1. The largest absolute Gasteiger partial charge is 0.484 e. The van der Waals surface area contributed by atoms with Gasteiger partial charge >= 0.3 is 0 Å². The highest BCUT2D eigenvalue weighted by molar-refractivity contribution is 9.10. The van der Waals surface area contributed by atoms with E-state index in [2.05, 4.69) is 20.8 Å². The Hall–Kier alpha value is -1.07. The van der Waals surface area contributed by atoms with E-state index in [0.717, 1.165) is 42.3 Å². The number of piperazine rings is 1. The molecule has 0 aromatic heterocycles. The van der Waals surface area contributed by atoms with E-state index in [1.807, 2.05) is 29.2 Å². The molecular formula is C16H21BrN2O2. The first-order valence-corrected chi connectivity index (χ1v) is 8.38. The number of carbonyl (C=O) groups is 1. The predicted molar refractivity (Wildman–Crippen MR) is 85.4 cm³/mol. The van der Waals surface area contributed by atoms with Crippen LogP contribution in [0.2, 0.25) is 0 Å². The van der Waals surface area contributed by atoms with Crippen LogP contribution < -0.4 is 4.74 Å². The van der Waals surface area contributed by atoms with Gasteiger partial charge in [-0.05, 0) is 43.0 Å². The van der Waals surface area contributed by atoms with Gasteiger partial charge in [0.25, 0.3) is 5.91 Å². The fraction of sp³-hybridized carbons (Fsp3) is 0.562. The fourth-order valence-electron chi connectivity index (χ4n) is 2.61. The first kappa shape index (κ1) is 14.9. The normalized spacial score (nSPS) is 19.6. The number of amides is 1. The van der Waals surface area contributed by atoms with E-state index in [1.165, 1.54) is 19.4 Å². The third-order valence-corrected chi connectivity index (χ3v) is 4.64. The van der Waals surface area contributed by atoms with Gasteiger partial charge in [-0.15, -0.1) is 0 Å². The third kappa shape index (κ3) is 4.45. The number of halogens is 1. The zero-order valence-corrected chi connectivity index (χ0v) is 13.7. The molecule has 1 saturated heterocycles. The summed E-state index contributed by atoms with van der Waals surface area (Å²) in [6.45, 7) is 5.01. The van der Waals surface area contributed by atoms with Crippen LogP contribution in [0.5, 0.6) is 5.75 Å². The summed E-state index contributed by atoms with van der Waals surface area (Å²) in [7, 11) is 0. The van der Waals surface area contributed by atoms with Crippen molar-refractivity contribution in [3.63, 3.8) is 0 Å². The smallest absolute Gasteiger partial charge is 0.260 e. The van der Waals surface area contributed by atoms with E-state index in [4.69, 9.17) is 4.74 Å². The monoisotopic (exact) mass is 352 g/mol. The van der Waals surface area contributed by atoms with Crippen LogP contribution >= 0.6 is 15.9 Å². The highest BCUT2D eigenvalue weighted by Crippen LogP contribution is 2.29. The number of benzene rings is 1. The van der Waals surface area contributed by atoms with Gasteiger partial charge in [0.1, 0.15) is 5.75 Å². The van der Waals surface area contributed by atoms with Crippen LogP contribution in [-0.4, -0.2) is 55.0 Å². The molecule has 114 valence electrons. The molecule has 4 nitrogen and oxygen atoms in total. The molecule has 0 unspecified atom stereocenters. The van der Waals surface area contributed by atoms with Crippen molar-refractivity contribution in [2.75, 3.05) is 39.3 Å². The molecule has 0 atom stereocenters. The Morgan fingerprint density at radius 1 is 1.14 bits per heavy atom. The molecule has 1 heterocycles. The Bertz CT molecular complexity index is 480. The minimum Gasteiger partial charge on any atom is -0.484 e. The predicted octanol–water partition coefficient (Wildman–Crippen LogP) is 2.38. The number of ether oxygens (including phenoxy) is 1. The van der Waals surface area contributed by atoms with Gasteiger partial charge in [0.05, 0.1) is 0 Å². The van der Waals surface area contributed by atoms with Crippen molar-refractivity contribution < 1.29 is 9.53 Å². The van der Waals surface area contributed by atoms with E-state index < -0.39 is 0 Å². The summed E-state index contributed by atoms with van der Waals surface area (Å²) in [4.78, 5) is 16.6. The van der Waals surface area contributed by atoms with Crippen LogP contribution in [0.1, 0.15) is 12.8 Å². The lowest BCUT2D eigenvalue weighted by molar-refractivity contribution is -0.135. The molecule has 0 bridgehead atoms. The third-order valence-electron chi connectivity index (χ3n) is 4.11. The second kappa shape index (κ2) is 6.79. The van der Waals surface area contributed by atoms with E-state index in [1.54, 1.807) is 0 Å². The summed E-state index contributed by atoms with van der Waals surface area (Å²) in [6.07, 6.45) is 2.78. The SMILES string of the molecule is O=C(COc1ccc(Br)cc1)N1CCN(CC2CC2)CC1. The number of rotatable bonds is 5. The van der Waals surface area contributed by atoms with Gasteiger partial charge < -0.3 is 9.64 Å². The molecule has 2 fully saturated rings. The molecule has 2 aliphatic rings. The lowest BCUT2D eigenvalue weighted by Gasteiger charge is -2.34. The molecule has 1 aliphatic heterocycles. The highest BCUT2D eigenvalue weighted by Gasteiger charge is 2.27. The summed E-state index contributed by atoms with van der Waals surface area (Å²) in [5.74, 6) is 1.75. The van der Waals surface area contributed by atoms with Crippen LogP contribution in [0.3, 0.4) is 0 Å². The average molecular weight is 353 g/mol. The van der Waals surface area contributed by atoms with Gasteiger partial charge in [-0.2, -0.15) is 0 Å². The number of nitrogens with zero attached hydrogens (tertiary/aromatic N) is 2. The lowest BCUT2D eigenvalue weighted by atomic mass is 10.3. The molecule has 21 heavy (non-hydrogen) atoms. The highest BCUT2D eigenvalue weighted by atomic mass is 79.9. The van der Waals surface area contributed by atoms with Crippen molar-refractivity contribution in [1.82, 2.24) is 9.80 Å². The van der Waals surface area contributed by atoms with Gasteiger partial charge in [0.2, 0.25) is 0 Å². The van der Waals surface area contributed by atoms with Gasteiger partial charge in [0, 0.05) is 37.2 Å². The van der Waals surface area contributed by atoms with Crippen LogP contribution in [0, 0.1) is 5.92 Å². The van der Waals surface area contributed by atoms with Crippen molar-refractivity contribution in [2.45, 2.75) is 12.8 Å². The molecule has 0 radical (unpaired) electrons. The minimum atomic E-state index is 0.0870. The van der Waals surface area contributed by atoms with Gasteiger partial charge in [-0.25, -0.2) is 0 Å². The molecular weight excluding hydrogens is 332 g/mol. The quantitative estimate of drug-likeness (QED) is 0.815. The zero-order chi connectivity index (χ0) is 14.7. The fourth-order valence-corrected chi connectivity index (χ4v) is 2.88. The summed E-state index contributed by atoms with van der Waals surface area (Å²) in [5, 5.41) is 0. The summed E-state index contributed by atoms with van der Waals surface area (Å²) in [6, 6.07) is 7.56. The lowest BCUT2D eigenvalue weighted by Crippen LogP contribution is -2.50. The molecule has 0 spiro atoms. The van der Waals surface area contributed by atoms with Crippen LogP contribution in [0.15, 0.2) is 28.7 Å². The van der Waals surface area contributed by atoms with Crippen molar-refractivity contribution in [1.29, 1.82) is 0 Å². The molecule has 5 heteroatoms. The van der Waals surface area contributed by atoms with Gasteiger partial charge in [-0.3, -0.25) is 9.69 Å². The summed E-state index contributed by atoms with van der Waals surface area (Å²) >= 11 is 3.38. The number of hydrogen-bond acceptors (Lipinski definition) is 3. The first-order valence-electron chi connectivity index (χ1n) is 7.59. The maximum atomic E-state index is 12.2. The van der Waals surface area contributed by atoms with Crippen LogP contribution in [0.4, 0.5) is 0 Å². The van der Waals surface area contributed by atoms with E-state index in [0.29, 0.717) is 0 Å². The van der Waals surface area contributed by atoms with Gasteiger partial charge in [0.15, 0.2) is 6.61 Å². The van der Waals surface area contributed by atoms with Crippen LogP contribution in [0.25, 0.3) is 0 Å². The number of hydrogen-bond donors (Lipinski definition) is 0. The Morgan fingerprint density at radius 3 is 2.43 bits per heavy atom. The second-order valence-corrected chi connectivity index (χ2v) is 6.78. The van der Waals surface area contributed by atoms with Crippen LogP contribution in [-0.2, 0) is 4.79 Å². The Labute approximate surface area is 134 Å². The summed E-state index contributed by atoms with van der Waals surface area (Å²) < 4.78 is 6.56. The molecule has 1 amide bonds. The topological polar surface area (TPSA) is 32.8 Å². The maximum absolute atomic E-state index is 12.2. The maximum Gasteiger partial charge on any atom is 0.260 e. The Balaban J connectivity index is 1.40. The second-order valence-electron chi connectivity index (χ2n) is 5.87. The first-order chi connectivity index (χ1) is 10.2. The standard InChI is InChI=1S/C16H21BrN2O2/c17-14-3-5-15(6-4-14)21-12-16(20)19-9-7-18(8-10-19)11-13-1-2-13/h3-6,13H,1-2,7-12H2. The molecule has 3 rings (SSSR count). The molecule has 0 N–H and O–H groups in total. The molecule has 1 aromatic carbocycles. The van der Waals surface area contributed by atoms with Crippen molar-refractivity contribution in [2.24, 2.45) is 5.92 Å². The molecule has 1 aromatic rings. The van der Waals surface area contributed by atoms with Gasteiger partial charge in [-0.1, -0.05) is 15.9 Å². The Kier molecular flexibility index (Phi) is 4.80. The van der Waals surface area contributed by atoms with Crippen molar-refractivity contribution >= 4 is 21.8 Å². The van der Waals surface area contributed by atoms with E-state index >= 15 is 0 Å². The van der Waals surface area contributed by atoms with E-state index in [9.17, 15) is 4.79 Å². The average Bonchev–Trinajstić information content (AvgIpc) is 3.31. The molecule has 1 saturated carbocycles. The number of carbonyl (C=O) groups excluding carboxylic acids is 1. The van der Waals surface area contributed by atoms with Crippen molar-refractivity contribution in [3.8, 4) is 5.75 Å². The molecule has 1 aliphatic carbocycles. The van der Waals surface area contributed by atoms with Crippen molar-refractivity contribution in [3.05, 3.63) is 28.7 Å². The Morgan fingerprint density at radius 2 is 1.81 bits per heavy atom. The van der Waals surface area contributed by atoms with E-state index in [-0.39, 0.29) is 12.5 Å². The minimum absolute atomic E-state index is 0.0870. The summed E-state index contributed by atoms with van der Waals surface area (Å²) in [5.41, 5.74) is 0.